The predicted octanol–water partition coefficient (Wildman–Crippen LogP) is 0.0914. The lowest BCUT2D eigenvalue weighted by molar-refractivity contribution is 0.149. The van der Waals surface area contributed by atoms with Crippen LogP contribution in [0.25, 0.3) is 0 Å². The molecule has 0 saturated heterocycles. The van der Waals surface area contributed by atoms with E-state index in [0.717, 1.165) is 32.8 Å². The highest BCUT2D eigenvalue weighted by Crippen LogP contribution is 1.94. The van der Waals surface area contributed by atoms with Gasteiger partial charge < -0.3 is 20.4 Å². The fourth-order valence-corrected chi connectivity index (χ4v) is 1.12. The quantitative estimate of drug-likeness (QED) is 0.609. The summed E-state index contributed by atoms with van der Waals surface area (Å²) in [7, 11) is 0. The molecule has 0 amide bonds. The highest BCUT2D eigenvalue weighted by Gasteiger charge is 1.93. The van der Waals surface area contributed by atoms with Gasteiger partial charge in [0.25, 0.3) is 0 Å². The van der Waals surface area contributed by atoms with Gasteiger partial charge in [0.1, 0.15) is 5.82 Å². The molecule has 1 heterocycles. The van der Waals surface area contributed by atoms with Gasteiger partial charge in [0.2, 0.25) is 0 Å². The van der Waals surface area contributed by atoms with Crippen LogP contribution in [0.1, 0.15) is 6.92 Å². The SMILES string of the molecule is CCOCCNCCn1cnc(N)c1. The lowest BCUT2D eigenvalue weighted by Crippen LogP contribution is -2.23. The second-order valence-corrected chi connectivity index (χ2v) is 2.98. The van der Waals surface area contributed by atoms with E-state index in [0.29, 0.717) is 5.82 Å². The average molecular weight is 198 g/mol. The molecule has 1 aromatic rings. The van der Waals surface area contributed by atoms with Gasteiger partial charge in [-0.05, 0) is 6.92 Å². The second-order valence-electron chi connectivity index (χ2n) is 2.98. The Morgan fingerprint density at radius 1 is 1.57 bits per heavy atom. The van der Waals surface area contributed by atoms with Crippen LogP contribution in [0.5, 0.6) is 0 Å². The number of nitrogens with one attached hydrogen (secondary N) is 1. The first kappa shape index (κ1) is 11.0. The van der Waals surface area contributed by atoms with Crippen molar-refractivity contribution in [2.45, 2.75) is 13.5 Å². The first-order valence-corrected chi connectivity index (χ1v) is 4.88. The van der Waals surface area contributed by atoms with Crippen LogP contribution in [0.3, 0.4) is 0 Å². The summed E-state index contributed by atoms with van der Waals surface area (Å²) >= 11 is 0. The van der Waals surface area contributed by atoms with E-state index in [1.54, 1.807) is 6.33 Å². The summed E-state index contributed by atoms with van der Waals surface area (Å²) in [6, 6.07) is 0. The summed E-state index contributed by atoms with van der Waals surface area (Å²) in [5.41, 5.74) is 5.48. The van der Waals surface area contributed by atoms with Crippen molar-refractivity contribution >= 4 is 5.82 Å². The van der Waals surface area contributed by atoms with Crippen LogP contribution < -0.4 is 11.1 Å². The summed E-state index contributed by atoms with van der Waals surface area (Å²) in [6.07, 6.45) is 3.56. The highest BCUT2D eigenvalue weighted by molar-refractivity contribution is 5.22. The maximum atomic E-state index is 5.48. The minimum atomic E-state index is 0.569. The highest BCUT2D eigenvalue weighted by atomic mass is 16.5. The van der Waals surface area contributed by atoms with E-state index in [9.17, 15) is 0 Å². The Labute approximate surface area is 84.3 Å². The van der Waals surface area contributed by atoms with E-state index in [1.165, 1.54) is 0 Å². The van der Waals surface area contributed by atoms with Crippen LogP contribution >= 0.6 is 0 Å². The molecule has 5 nitrogen and oxygen atoms in total. The van der Waals surface area contributed by atoms with Gasteiger partial charge in [0.15, 0.2) is 0 Å². The zero-order chi connectivity index (χ0) is 10.2. The molecule has 0 spiro atoms. The van der Waals surface area contributed by atoms with Gasteiger partial charge in [-0.2, -0.15) is 0 Å². The lowest BCUT2D eigenvalue weighted by atomic mass is 10.5. The molecule has 80 valence electrons. The molecule has 0 bridgehead atoms. The smallest absolute Gasteiger partial charge is 0.141 e. The third-order valence-electron chi connectivity index (χ3n) is 1.83. The summed E-state index contributed by atoms with van der Waals surface area (Å²) in [5, 5.41) is 3.26. The van der Waals surface area contributed by atoms with Gasteiger partial charge in [-0.25, -0.2) is 4.98 Å². The van der Waals surface area contributed by atoms with Crippen molar-refractivity contribution in [3.05, 3.63) is 12.5 Å². The van der Waals surface area contributed by atoms with Crippen molar-refractivity contribution in [1.29, 1.82) is 0 Å². The van der Waals surface area contributed by atoms with Crippen LogP contribution in [-0.4, -0.2) is 35.9 Å². The molecule has 3 N–H and O–H groups in total. The molecule has 1 aromatic heterocycles. The summed E-state index contributed by atoms with van der Waals surface area (Å²) in [4.78, 5) is 3.93. The van der Waals surface area contributed by atoms with Crippen molar-refractivity contribution in [2.24, 2.45) is 0 Å². The van der Waals surface area contributed by atoms with E-state index in [2.05, 4.69) is 10.3 Å². The van der Waals surface area contributed by atoms with Crippen LogP contribution in [0.4, 0.5) is 5.82 Å². The number of ether oxygens (including phenoxy) is 1. The van der Waals surface area contributed by atoms with Crippen molar-refractivity contribution < 1.29 is 4.74 Å². The van der Waals surface area contributed by atoms with E-state index >= 15 is 0 Å². The molecule has 0 fully saturated rings. The predicted molar refractivity (Wildman–Crippen MR) is 56.0 cm³/mol. The zero-order valence-corrected chi connectivity index (χ0v) is 8.57. The molecular formula is C9H18N4O. The van der Waals surface area contributed by atoms with Crippen LogP contribution in [0.15, 0.2) is 12.5 Å². The number of anilines is 1. The van der Waals surface area contributed by atoms with Gasteiger partial charge in [0, 0.05) is 32.4 Å². The van der Waals surface area contributed by atoms with Gasteiger partial charge in [-0.15, -0.1) is 0 Å². The molecule has 0 radical (unpaired) electrons. The topological polar surface area (TPSA) is 65.1 Å². The molecule has 0 aliphatic heterocycles. The molecular weight excluding hydrogens is 180 g/mol. The molecule has 0 aliphatic rings. The summed E-state index contributed by atoms with van der Waals surface area (Å²) in [6.45, 7) is 6.22. The molecule has 0 aromatic carbocycles. The van der Waals surface area contributed by atoms with Crippen LogP contribution in [0, 0.1) is 0 Å². The molecule has 0 aliphatic carbocycles. The average Bonchev–Trinajstić information content (AvgIpc) is 2.58. The van der Waals surface area contributed by atoms with Crippen molar-refractivity contribution in [3.8, 4) is 0 Å². The number of aromatic nitrogens is 2. The van der Waals surface area contributed by atoms with Crippen molar-refractivity contribution in [2.75, 3.05) is 32.0 Å². The molecule has 5 heteroatoms. The van der Waals surface area contributed by atoms with E-state index < -0.39 is 0 Å². The van der Waals surface area contributed by atoms with Gasteiger partial charge in [-0.3, -0.25) is 0 Å². The Hall–Kier alpha value is -1.07. The van der Waals surface area contributed by atoms with Gasteiger partial charge in [-0.1, -0.05) is 0 Å². The zero-order valence-electron chi connectivity index (χ0n) is 8.57. The first-order chi connectivity index (χ1) is 6.83. The molecule has 0 saturated carbocycles. The number of nitrogen functional groups attached to an aromatic ring is 1. The maximum Gasteiger partial charge on any atom is 0.141 e. The number of nitrogens with two attached hydrogens (primary N) is 1. The summed E-state index contributed by atoms with van der Waals surface area (Å²) in [5.74, 6) is 0.569. The maximum absolute atomic E-state index is 5.48. The number of hydrogen-bond donors (Lipinski definition) is 2. The fraction of sp³-hybridized carbons (Fsp3) is 0.667. The standard InChI is InChI=1S/C9H18N4O/c1-2-14-6-4-11-3-5-13-7-9(10)12-8-13/h7-8,11H,2-6,10H2,1H3. The summed E-state index contributed by atoms with van der Waals surface area (Å²) < 4.78 is 7.15. The third-order valence-corrected chi connectivity index (χ3v) is 1.83. The Balaban J connectivity index is 1.99. The number of imidazole rings is 1. The normalized spacial score (nSPS) is 10.6. The Bertz CT molecular complexity index is 249. The molecule has 1 rings (SSSR count). The van der Waals surface area contributed by atoms with E-state index in [4.69, 9.17) is 10.5 Å². The number of hydrogen-bond acceptors (Lipinski definition) is 4. The third kappa shape index (κ3) is 4.25. The fourth-order valence-electron chi connectivity index (χ4n) is 1.12. The van der Waals surface area contributed by atoms with Gasteiger partial charge >= 0.3 is 0 Å². The van der Waals surface area contributed by atoms with Crippen molar-refractivity contribution in [3.63, 3.8) is 0 Å². The first-order valence-electron chi connectivity index (χ1n) is 4.88. The lowest BCUT2D eigenvalue weighted by Gasteiger charge is -2.04. The van der Waals surface area contributed by atoms with E-state index in [1.807, 2.05) is 17.7 Å². The second kappa shape index (κ2) is 6.39. The monoisotopic (exact) mass is 198 g/mol. The molecule has 0 atom stereocenters. The Morgan fingerprint density at radius 3 is 3.07 bits per heavy atom. The Kier molecular flexibility index (Phi) is 5.03. The molecule has 14 heavy (non-hydrogen) atoms. The Morgan fingerprint density at radius 2 is 2.43 bits per heavy atom. The van der Waals surface area contributed by atoms with Crippen LogP contribution in [0.2, 0.25) is 0 Å². The largest absolute Gasteiger partial charge is 0.382 e. The molecule has 0 unspecified atom stereocenters. The van der Waals surface area contributed by atoms with Crippen LogP contribution in [-0.2, 0) is 11.3 Å². The number of nitrogens with zero attached hydrogens (tertiary/aromatic N) is 2. The number of rotatable bonds is 7. The minimum absolute atomic E-state index is 0.569. The minimum Gasteiger partial charge on any atom is -0.382 e. The van der Waals surface area contributed by atoms with Gasteiger partial charge in [0.05, 0.1) is 12.9 Å². The van der Waals surface area contributed by atoms with Crippen molar-refractivity contribution in [1.82, 2.24) is 14.9 Å². The van der Waals surface area contributed by atoms with E-state index in [-0.39, 0.29) is 0 Å².